The maximum Gasteiger partial charge on any atom is 0.233 e. The first-order valence-electron chi connectivity index (χ1n) is 7.05. The Labute approximate surface area is 128 Å². The summed E-state index contributed by atoms with van der Waals surface area (Å²) < 4.78 is 1.74. The standard InChI is InChI=1S/C13H18ClN7/c1-9-10(8-20(2)19-9)15-12-16-11(14)17-13(18-12)21-6-4-3-5-7-21/h8H,3-7H2,1-2H3,(H,15,16,17,18). The third-order valence-corrected chi connectivity index (χ3v) is 3.66. The summed E-state index contributed by atoms with van der Waals surface area (Å²) in [6.07, 6.45) is 5.46. The number of nitrogens with one attached hydrogen (secondary N) is 1. The minimum Gasteiger partial charge on any atom is -0.341 e. The Hall–Kier alpha value is -1.89. The molecule has 1 aliphatic rings. The number of anilines is 3. The molecule has 0 saturated carbocycles. The van der Waals surface area contributed by atoms with Crippen LogP contribution >= 0.6 is 11.6 Å². The molecular formula is C13H18ClN7. The molecular weight excluding hydrogens is 290 g/mol. The van der Waals surface area contributed by atoms with E-state index in [0.717, 1.165) is 37.3 Å². The molecule has 112 valence electrons. The Morgan fingerprint density at radius 1 is 1.14 bits per heavy atom. The van der Waals surface area contributed by atoms with Crippen molar-refractivity contribution in [2.75, 3.05) is 23.3 Å². The molecule has 0 amide bonds. The van der Waals surface area contributed by atoms with Gasteiger partial charge in [-0.25, -0.2) is 0 Å². The van der Waals surface area contributed by atoms with Crippen molar-refractivity contribution in [3.8, 4) is 0 Å². The molecule has 1 fully saturated rings. The molecule has 0 radical (unpaired) electrons. The van der Waals surface area contributed by atoms with Crippen molar-refractivity contribution in [2.24, 2.45) is 7.05 Å². The first-order valence-corrected chi connectivity index (χ1v) is 7.43. The quantitative estimate of drug-likeness (QED) is 0.938. The van der Waals surface area contributed by atoms with Crippen LogP contribution in [0.25, 0.3) is 0 Å². The molecule has 0 atom stereocenters. The van der Waals surface area contributed by atoms with Gasteiger partial charge in [-0.3, -0.25) is 4.68 Å². The lowest BCUT2D eigenvalue weighted by Gasteiger charge is -2.26. The van der Waals surface area contributed by atoms with Gasteiger partial charge in [-0.1, -0.05) is 0 Å². The molecule has 2 aromatic rings. The SMILES string of the molecule is Cc1nn(C)cc1Nc1nc(Cl)nc(N2CCCCC2)n1. The molecule has 1 N–H and O–H groups in total. The highest BCUT2D eigenvalue weighted by Crippen LogP contribution is 2.21. The molecule has 0 aromatic carbocycles. The smallest absolute Gasteiger partial charge is 0.233 e. The summed E-state index contributed by atoms with van der Waals surface area (Å²) in [5.41, 5.74) is 1.75. The van der Waals surface area contributed by atoms with E-state index in [1.54, 1.807) is 4.68 Å². The Morgan fingerprint density at radius 3 is 2.57 bits per heavy atom. The van der Waals surface area contributed by atoms with Gasteiger partial charge >= 0.3 is 0 Å². The molecule has 0 aliphatic carbocycles. The second-order valence-corrected chi connectivity index (χ2v) is 5.54. The van der Waals surface area contributed by atoms with E-state index in [4.69, 9.17) is 11.6 Å². The second kappa shape index (κ2) is 5.85. The lowest BCUT2D eigenvalue weighted by molar-refractivity contribution is 0.567. The van der Waals surface area contributed by atoms with Gasteiger partial charge in [0.25, 0.3) is 0 Å². The predicted molar refractivity (Wildman–Crippen MR) is 82.1 cm³/mol. The summed E-state index contributed by atoms with van der Waals surface area (Å²) in [5.74, 6) is 1.09. The van der Waals surface area contributed by atoms with Crippen LogP contribution in [0.3, 0.4) is 0 Å². The summed E-state index contributed by atoms with van der Waals surface area (Å²) >= 11 is 6.03. The van der Waals surface area contributed by atoms with Crippen LogP contribution in [-0.4, -0.2) is 37.8 Å². The first-order chi connectivity index (χ1) is 10.1. The Bertz CT molecular complexity index is 633. The number of aryl methyl sites for hydroxylation is 2. The van der Waals surface area contributed by atoms with Gasteiger partial charge in [0.1, 0.15) is 0 Å². The summed E-state index contributed by atoms with van der Waals surface area (Å²) in [6.45, 7) is 3.86. The summed E-state index contributed by atoms with van der Waals surface area (Å²) in [4.78, 5) is 15.0. The Balaban J connectivity index is 1.85. The van der Waals surface area contributed by atoms with Crippen LogP contribution in [0, 0.1) is 6.92 Å². The lowest BCUT2D eigenvalue weighted by Crippen LogP contribution is -2.31. The molecule has 0 bridgehead atoms. The van der Waals surface area contributed by atoms with Gasteiger partial charge in [0.2, 0.25) is 17.2 Å². The zero-order chi connectivity index (χ0) is 14.8. The van der Waals surface area contributed by atoms with E-state index in [9.17, 15) is 0 Å². The van der Waals surface area contributed by atoms with Gasteiger partial charge in [0.15, 0.2) is 0 Å². The number of rotatable bonds is 3. The Kier molecular flexibility index (Phi) is 3.92. The van der Waals surface area contributed by atoms with E-state index in [1.807, 2.05) is 20.2 Å². The molecule has 3 rings (SSSR count). The fourth-order valence-electron chi connectivity index (χ4n) is 2.47. The van der Waals surface area contributed by atoms with E-state index < -0.39 is 0 Å². The molecule has 2 aromatic heterocycles. The minimum absolute atomic E-state index is 0.203. The number of hydrogen-bond acceptors (Lipinski definition) is 6. The lowest BCUT2D eigenvalue weighted by atomic mass is 10.1. The van der Waals surface area contributed by atoms with Crippen molar-refractivity contribution in [3.63, 3.8) is 0 Å². The number of aromatic nitrogens is 5. The summed E-state index contributed by atoms with van der Waals surface area (Å²) in [5, 5.41) is 7.64. The van der Waals surface area contributed by atoms with Crippen LogP contribution in [-0.2, 0) is 7.05 Å². The van der Waals surface area contributed by atoms with E-state index in [2.05, 4.69) is 30.3 Å². The van der Waals surface area contributed by atoms with Crippen molar-refractivity contribution in [2.45, 2.75) is 26.2 Å². The van der Waals surface area contributed by atoms with E-state index in [-0.39, 0.29) is 5.28 Å². The fraction of sp³-hybridized carbons (Fsp3) is 0.538. The average Bonchev–Trinajstić information content (AvgIpc) is 2.77. The van der Waals surface area contributed by atoms with Crippen molar-refractivity contribution in [1.29, 1.82) is 0 Å². The minimum atomic E-state index is 0.203. The zero-order valence-corrected chi connectivity index (χ0v) is 12.9. The van der Waals surface area contributed by atoms with Gasteiger partial charge in [-0.2, -0.15) is 20.1 Å². The number of halogens is 1. The maximum atomic E-state index is 6.03. The van der Waals surface area contributed by atoms with Gasteiger partial charge in [-0.15, -0.1) is 0 Å². The molecule has 3 heterocycles. The zero-order valence-electron chi connectivity index (χ0n) is 12.2. The van der Waals surface area contributed by atoms with Crippen LogP contribution in [0.4, 0.5) is 17.6 Å². The molecule has 1 saturated heterocycles. The van der Waals surface area contributed by atoms with Crippen molar-refractivity contribution in [3.05, 3.63) is 17.2 Å². The van der Waals surface area contributed by atoms with Gasteiger partial charge < -0.3 is 10.2 Å². The number of piperidine rings is 1. The largest absolute Gasteiger partial charge is 0.341 e. The molecule has 21 heavy (non-hydrogen) atoms. The molecule has 0 spiro atoms. The fourth-order valence-corrected chi connectivity index (χ4v) is 2.63. The average molecular weight is 308 g/mol. The molecule has 8 heteroatoms. The highest BCUT2D eigenvalue weighted by molar-refractivity contribution is 6.28. The first kappa shape index (κ1) is 14.1. The molecule has 7 nitrogen and oxygen atoms in total. The highest BCUT2D eigenvalue weighted by Gasteiger charge is 2.16. The normalized spacial score (nSPS) is 15.3. The van der Waals surface area contributed by atoms with E-state index >= 15 is 0 Å². The monoisotopic (exact) mass is 307 g/mol. The highest BCUT2D eigenvalue weighted by atomic mass is 35.5. The molecule has 0 unspecified atom stereocenters. The van der Waals surface area contributed by atoms with E-state index in [1.165, 1.54) is 6.42 Å². The van der Waals surface area contributed by atoms with Crippen molar-refractivity contribution >= 4 is 29.2 Å². The number of hydrogen-bond donors (Lipinski definition) is 1. The second-order valence-electron chi connectivity index (χ2n) is 5.20. The third-order valence-electron chi connectivity index (χ3n) is 3.50. The van der Waals surface area contributed by atoms with Crippen LogP contribution in [0.15, 0.2) is 6.20 Å². The number of nitrogens with zero attached hydrogens (tertiary/aromatic N) is 6. The molecule has 1 aliphatic heterocycles. The van der Waals surface area contributed by atoms with Gasteiger partial charge in [0, 0.05) is 26.3 Å². The maximum absolute atomic E-state index is 6.03. The van der Waals surface area contributed by atoms with Gasteiger partial charge in [0.05, 0.1) is 11.4 Å². The van der Waals surface area contributed by atoms with Gasteiger partial charge in [-0.05, 0) is 37.8 Å². The van der Waals surface area contributed by atoms with Crippen LogP contribution in [0.5, 0.6) is 0 Å². The van der Waals surface area contributed by atoms with Crippen molar-refractivity contribution < 1.29 is 0 Å². The van der Waals surface area contributed by atoms with Crippen LogP contribution in [0.2, 0.25) is 5.28 Å². The third kappa shape index (κ3) is 3.24. The van der Waals surface area contributed by atoms with E-state index in [0.29, 0.717) is 11.9 Å². The summed E-state index contributed by atoms with van der Waals surface area (Å²) in [7, 11) is 1.87. The van der Waals surface area contributed by atoms with Crippen molar-refractivity contribution in [1.82, 2.24) is 24.7 Å². The van der Waals surface area contributed by atoms with Crippen LogP contribution < -0.4 is 10.2 Å². The predicted octanol–water partition coefficient (Wildman–Crippen LogP) is 2.30. The topological polar surface area (TPSA) is 71.8 Å². The summed E-state index contributed by atoms with van der Waals surface area (Å²) in [6, 6.07) is 0. The van der Waals surface area contributed by atoms with Crippen LogP contribution in [0.1, 0.15) is 25.0 Å². The Morgan fingerprint density at radius 2 is 1.90 bits per heavy atom.